The Bertz CT molecular complexity index is 467. The summed E-state index contributed by atoms with van der Waals surface area (Å²) in [6.07, 6.45) is 1.09. The molecule has 0 aliphatic heterocycles. The van der Waals surface area contributed by atoms with Gasteiger partial charge in [-0.05, 0) is 31.2 Å². The Hall–Kier alpha value is -1.80. The van der Waals surface area contributed by atoms with E-state index in [1.165, 1.54) is 11.3 Å². The molecule has 1 atom stereocenters. The summed E-state index contributed by atoms with van der Waals surface area (Å²) in [5.41, 5.74) is 2.62. The molecule has 1 N–H and O–H groups in total. The first kappa shape index (κ1) is 13.6. The quantitative estimate of drug-likeness (QED) is 0.849. The smallest absolute Gasteiger partial charge is 0.0363 e. The predicted molar refractivity (Wildman–Crippen MR) is 82.6 cm³/mol. The Morgan fingerprint density at radius 3 is 2.11 bits per heavy atom. The number of rotatable bonds is 6. The summed E-state index contributed by atoms with van der Waals surface area (Å²) in [6.45, 7) is 1.03. The van der Waals surface area contributed by atoms with Crippen LogP contribution in [0.5, 0.6) is 0 Å². The summed E-state index contributed by atoms with van der Waals surface area (Å²) in [7, 11) is 4.17. The van der Waals surface area contributed by atoms with Gasteiger partial charge in [0.1, 0.15) is 0 Å². The lowest BCUT2D eigenvalue weighted by molar-refractivity contribution is 0.549. The molecule has 100 valence electrons. The van der Waals surface area contributed by atoms with Crippen LogP contribution in [0.2, 0.25) is 0 Å². The molecule has 2 nitrogen and oxygen atoms in total. The SMILES string of the molecule is CNC(CCN(C)c1ccccc1)c1ccccc1. The number of benzene rings is 2. The molecule has 2 aromatic carbocycles. The molecule has 0 amide bonds. The number of anilines is 1. The first-order valence-electron chi connectivity index (χ1n) is 6.79. The zero-order valence-corrected chi connectivity index (χ0v) is 11.7. The molecular weight excluding hydrogens is 232 g/mol. The highest BCUT2D eigenvalue weighted by Crippen LogP contribution is 2.18. The normalized spacial score (nSPS) is 12.1. The number of hydrogen-bond donors (Lipinski definition) is 1. The van der Waals surface area contributed by atoms with Crippen molar-refractivity contribution in [1.29, 1.82) is 0 Å². The fraction of sp³-hybridized carbons (Fsp3) is 0.294. The van der Waals surface area contributed by atoms with Gasteiger partial charge in [0.25, 0.3) is 0 Å². The fourth-order valence-corrected chi connectivity index (χ4v) is 2.30. The van der Waals surface area contributed by atoms with Gasteiger partial charge < -0.3 is 10.2 Å². The van der Waals surface area contributed by atoms with Crippen LogP contribution in [-0.2, 0) is 0 Å². The van der Waals surface area contributed by atoms with Crippen LogP contribution < -0.4 is 10.2 Å². The Balaban J connectivity index is 1.94. The van der Waals surface area contributed by atoms with Gasteiger partial charge in [0.2, 0.25) is 0 Å². The maximum absolute atomic E-state index is 3.40. The van der Waals surface area contributed by atoms with Crippen molar-refractivity contribution in [1.82, 2.24) is 5.32 Å². The Kier molecular flexibility index (Phi) is 4.99. The van der Waals surface area contributed by atoms with Crippen LogP contribution in [-0.4, -0.2) is 20.6 Å². The van der Waals surface area contributed by atoms with Gasteiger partial charge in [-0.3, -0.25) is 0 Å². The van der Waals surface area contributed by atoms with Gasteiger partial charge in [0.05, 0.1) is 0 Å². The molecule has 1 unspecified atom stereocenters. The van der Waals surface area contributed by atoms with E-state index in [2.05, 4.69) is 77.9 Å². The first-order valence-corrected chi connectivity index (χ1v) is 6.79. The van der Waals surface area contributed by atoms with Crippen molar-refractivity contribution in [3.63, 3.8) is 0 Å². The summed E-state index contributed by atoms with van der Waals surface area (Å²) in [5.74, 6) is 0. The van der Waals surface area contributed by atoms with E-state index in [1.807, 2.05) is 7.05 Å². The summed E-state index contributed by atoms with van der Waals surface area (Å²) < 4.78 is 0. The third-order valence-electron chi connectivity index (χ3n) is 3.50. The molecule has 0 radical (unpaired) electrons. The lowest BCUT2D eigenvalue weighted by Gasteiger charge is -2.23. The molecule has 0 aliphatic rings. The highest BCUT2D eigenvalue weighted by molar-refractivity contribution is 5.44. The van der Waals surface area contributed by atoms with E-state index in [1.54, 1.807) is 0 Å². The van der Waals surface area contributed by atoms with E-state index in [0.717, 1.165) is 13.0 Å². The van der Waals surface area contributed by atoms with Gasteiger partial charge in [0.15, 0.2) is 0 Å². The van der Waals surface area contributed by atoms with Crippen molar-refractivity contribution in [3.8, 4) is 0 Å². The maximum Gasteiger partial charge on any atom is 0.0363 e. The average molecular weight is 254 g/mol. The van der Waals surface area contributed by atoms with Crippen LogP contribution in [0.15, 0.2) is 60.7 Å². The molecule has 0 saturated carbocycles. The largest absolute Gasteiger partial charge is 0.375 e. The molecule has 2 rings (SSSR count). The van der Waals surface area contributed by atoms with Crippen molar-refractivity contribution < 1.29 is 0 Å². The summed E-state index contributed by atoms with van der Waals surface area (Å²) in [4.78, 5) is 2.30. The van der Waals surface area contributed by atoms with E-state index in [4.69, 9.17) is 0 Å². The van der Waals surface area contributed by atoms with E-state index in [9.17, 15) is 0 Å². The molecular formula is C17H22N2. The standard InChI is InChI=1S/C17H22N2/c1-18-17(15-9-5-3-6-10-15)13-14-19(2)16-11-7-4-8-12-16/h3-12,17-18H,13-14H2,1-2H3. The number of nitrogens with zero attached hydrogens (tertiary/aromatic N) is 1. The fourth-order valence-electron chi connectivity index (χ4n) is 2.30. The molecule has 2 heteroatoms. The topological polar surface area (TPSA) is 15.3 Å². The second-order valence-corrected chi connectivity index (χ2v) is 4.80. The Morgan fingerprint density at radius 1 is 0.947 bits per heavy atom. The molecule has 0 heterocycles. The van der Waals surface area contributed by atoms with Crippen LogP contribution in [0.4, 0.5) is 5.69 Å². The van der Waals surface area contributed by atoms with Crippen molar-refractivity contribution in [2.45, 2.75) is 12.5 Å². The highest BCUT2D eigenvalue weighted by Gasteiger charge is 2.09. The van der Waals surface area contributed by atoms with Gasteiger partial charge in [0, 0.05) is 25.3 Å². The average Bonchev–Trinajstić information content (AvgIpc) is 2.49. The van der Waals surface area contributed by atoms with Crippen molar-refractivity contribution in [3.05, 3.63) is 66.2 Å². The molecule has 19 heavy (non-hydrogen) atoms. The predicted octanol–water partition coefficient (Wildman–Crippen LogP) is 3.47. The molecule has 0 aliphatic carbocycles. The van der Waals surface area contributed by atoms with Crippen molar-refractivity contribution >= 4 is 5.69 Å². The molecule has 0 aromatic heterocycles. The Labute approximate surface area is 116 Å². The number of hydrogen-bond acceptors (Lipinski definition) is 2. The molecule has 2 aromatic rings. The minimum absolute atomic E-state index is 0.410. The van der Waals surface area contributed by atoms with Crippen molar-refractivity contribution in [2.75, 3.05) is 25.5 Å². The van der Waals surface area contributed by atoms with Gasteiger partial charge in [-0.25, -0.2) is 0 Å². The second-order valence-electron chi connectivity index (χ2n) is 4.80. The zero-order valence-electron chi connectivity index (χ0n) is 11.7. The summed E-state index contributed by atoms with van der Waals surface area (Å²) in [5, 5.41) is 3.40. The van der Waals surface area contributed by atoms with Gasteiger partial charge in [-0.15, -0.1) is 0 Å². The van der Waals surface area contributed by atoms with Gasteiger partial charge >= 0.3 is 0 Å². The lowest BCUT2D eigenvalue weighted by Crippen LogP contribution is -2.25. The molecule has 0 spiro atoms. The van der Waals surface area contributed by atoms with Crippen LogP contribution >= 0.6 is 0 Å². The van der Waals surface area contributed by atoms with E-state index in [0.29, 0.717) is 6.04 Å². The monoisotopic (exact) mass is 254 g/mol. The van der Waals surface area contributed by atoms with Gasteiger partial charge in [-0.1, -0.05) is 48.5 Å². The zero-order chi connectivity index (χ0) is 13.5. The van der Waals surface area contributed by atoms with Crippen LogP contribution in [0, 0.1) is 0 Å². The summed E-state index contributed by atoms with van der Waals surface area (Å²) >= 11 is 0. The molecule has 0 bridgehead atoms. The van der Waals surface area contributed by atoms with E-state index in [-0.39, 0.29) is 0 Å². The molecule has 0 fully saturated rings. The third kappa shape index (κ3) is 3.83. The van der Waals surface area contributed by atoms with E-state index < -0.39 is 0 Å². The van der Waals surface area contributed by atoms with Crippen molar-refractivity contribution in [2.24, 2.45) is 0 Å². The van der Waals surface area contributed by atoms with Crippen LogP contribution in [0.25, 0.3) is 0 Å². The maximum atomic E-state index is 3.40. The number of nitrogens with one attached hydrogen (secondary N) is 1. The minimum Gasteiger partial charge on any atom is -0.375 e. The third-order valence-corrected chi connectivity index (χ3v) is 3.50. The second kappa shape index (κ2) is 6.95. The van der Waals surface area contributed by atoms with Crippen LogP contribution in [0.3, 0.4) is 0 Å². The van der Waals surface area contributed by atoms with E-state index >= 15 is 0 Å². The Morgan fingerprint density at radius 2 is 1.53 bits per heavy atom. The lowest BCUT2D eigenvalue weighted by atomic mass is 10.0. The highest BCUT2D eigenvalue weighted by atomic mass is 15.1. The summed E-state index contributed by atoms with van der Waals surface area (Å²) in [6, 6.07) is 21.6. The molecule has 0 saturated heterocycles. The first-order chi connectivity index (χ1) is 9.31. The number of para-hydroxylation sites is 1. The van der Waals surface area contributed by atoms with Crippen LogP contribution in [0.1, 0.15) is 18.0 Å². The van der Waals surface area contributed by atoms with Gasteiger partial charge in [-0.2, -0.15) is 0 Å². The minimum atomic E-state index is 0.410.